The van der Waals surface area contributed by atoms with Crippen LogP contribution in [-0.4, -0.2) is 36.9 Å². The van der Waals surface area contributed by atoms with Crippen molar-refractivity contribution in [3.8, 4) is 0 Å². The highest BCUT2D eigenvalue weighted by molar-refractivity contribution is 5.67. The van der Waals surface area contributed by atoms with Crippen LogP contribution in [0, 0.1) is 5.41 Å². The Bertz CT molecular complexity index is 724. The Morgan fingerprint density at radius 3 is 2.79 bits per heavy atom. The van der Waals surface area contributed by atoms with Crippen molar-refractivity contribution in [2.75, 3.05) is 6.61 Å². The van der Waals surface area contributed by atoms with Crippen LogP contribution in [0.1, 0.15) is 37.3 Å². The van der Waals surface area contributed by atoms with Crippen molar-refractivity contribution in [1.29, 1.82) is 0 Å². The van der Waals surface area contributed by atoms with E-state index in [1.54, 1.807) is 0 Å². The monoisotopic (exact) mass is 328 g/mol. The first-order chi connectivity index (χ1) is 11.5. The van der Waals surface area contributed by atoms with Gasteiger partial charge in [0, 0.05) is 26.2 Å². The summed E-state index contributed by atoms with van der Waals surface area (Å²) in [4.78, 5) is 22.8. The van der Waals surface area contributed by atoms with Gasteiger partial charge in [-0.15, -0.1) is 0 Å². The lowest BCUT2D eigenvalue weighted by Crippen LogP contribution is -2.50. The summed E-state index contributed by atoms with van der Waals surface area (Å²) in [7, 11) is 0. The summed E-state index contributed by atoms with van der Waals surface area (Å²) in [5.41, 5.74) is 1.89. The fourth-order valence-corrected chi connectivity index (χ4v) is 4.54. The highest BCUT2D eigenvalue weighted by Gasteiger charge is 2.65. The molecule has 5 atom stereocenters. The van der Waals surface area contributed by atoms with Crippen LogP contribution in [0.3, 0.4) is 0 Å². The van der Waals surface area contributed by atoms with E-state index in [0.29, 0.717) is 6.42 Å². The van der Waals surface area contributed by atoms with Crippen molar-refractivity contribution < 1.29 is 23.8 Å². The van der Waals surface area contributed by atoms with Crippen molar-refractivity contribution in [2.24, 2.45) is 5.41 Å². The highest BCUT2D eigenvalue weighted by Crippen LogP contribution is 2.60. The molecular weight excluding hydrogens is 308 g/mol. The minimum atomic E-state index is -0.483. The smallest absolute Gasteiger partial charge is 0.302 e. The average molecular weight is 328 g/mol. The normalized spacial score (nSPS) is 35.2. The zero-order valence-electron chi connectivity index (χ0n) is 13.7. The molecule has 0 saturated carbocycles. The van der Waals surface area contributed by atoms with Crippen molar-refractivity contribution in [1.82, 2.24) is 0 Å². The molecule has 2 aliphatic heterocycles. The molecule has 1 aromatic rings. The van der Waals surface area contributed by atoms with E-state index in [1.165, 1.54) is 25.0 Å². The zero-order chi connectivity index (χ0) is 16.9. The number of carbonyl (C=O) groups is 2. The molecule has 0 spiro atoms. The van der Waals surface area contributed by atoms with Crippen molar-refractivity contribution in [2.45, 2.75) is 44.5 Å². The van der Waals surface area contributed by atoms with Crippen LogP contribution in [0.25, 0.3) is 6.08 Å². The van der Waals surface area contributed by atoms with Gasteiger partial charge in [0.1, 0.15) is 18.8 Å². The molecule has 0 unspecified atom stereocenters. The molecule has 0 amide bonds. The van der Waals surface area contributed by atoms with Gasteiger partial charge < -0.3 is 14.2 Å². The van der Waals surface area contributed by atoms with E-state index in [0.717, 1.165) is 0 Å². The third-order valence-electron chi connectivity index (χ3n) is 5.35. The molecule has 0 radical (unpaired) electrons. The van der Waals surface area contributed by atoms with Crippen LogP contribution in [-0.2, 0) is 23.8 Å². The van der Waals surface area contributed by atoms with E-state index < -0.39 is 5.41 Å². The van der Waals surface area contributed by atoms with Crippen LogP contribution >= 0.6 is 0 Å². The summed E-state index contributed by atoms with van der Waals surface area (Å²) in [5, 5.41) is 0. The van der Waals surface area contributed by atoms with Gasteiger partial charge in [-0.1, -0.05) is 36.4 Å². The maximum atomic E-state index is 11.4. The van der Waals surface area contributed by atoms with E-state index in [4.69, 9.17) is 14.2 Å². The lowest BCUT2D eigenvalue weighted by Gasteiger charge is -2.43. The lowest BCUT2D eigenvalue weighted by molar-refractivity contribution is -0.156. The largest absolute Gasteiger partial charge is 0.465 e. The van der Waals surface area contributed by atoms with E-state index in [-0.39, 0.29) is 42.8 Å². The van der Waals surface area contributed by atoms with Crippen LogP contribution in [0.15, 0.2) is 30.3 Å². The standard InChI is InChI=1S/C19H20O5/c1-11(20)22-10-19-8-7-13-5-3-4-6-14(13)17(19)15-9-16(18(19)24-15)23-12(2)21/h3-8,15-18H,9-10H2,1-2H3/t15-,16-,17-,18+,19+/m1/s1. The van der Waals surface area contributed by atoms with E-state index in [1.807, 2.05) is 12.1 Å². The molecule has 0 N–H and O–H groups in total. The Morgan fingerprint density at radius 2 is 2.04 bits per heavy atom. The topological polar surface area (TPSA) is 61.8 Å². The number of hydrogen-bond acceptors (Lipinski definition) is 5. The summed E-state index contributed by atoms with van der Waals surface area (Å²) in [6.07, 6.45) is 4.20. The summed E-state index contributed by atoms with van der Waals surface area (Å²) in [5.74, 6) is -0.521. The van der Waals surface area contributed by atoms with Gasteiger partial charge in [0.2, 0.25) is 0 Å². The van der Waals surface area contributed by atoms with Gasteiger partial charge in [-0.25, -0.2) is 0 Å². The molecule has 5 heteroatoms. The molecule has 0 aromatic heterocycles. The lowest BCUT2D eigenvalue weighted by atomic mass is 9.60. The number of hydrogen-bond donors (Lipinski definition) is 0. The first-order valence-corrected chi connectivity index (χ1v) is 8.25. The SMILES string of the molecule is CC(=O)OC[C@@]12C=Cc3ccccc3[C@@H]1[C@H]1C[C@@H](OC(C)=O)[C@@H]2O1. The average Bonchev–Trinajstić information content (AvgIpc) is 3.09. The third kappa shape index (κ3) is 2.18. The molecule has 2 bridgehead atoms. The number of esters is 2. The third-order valence-corrected chi connectivity index (χ3v) is 5.35. The molecule has 126 valence electrons. The predicted octanol–water partition coefficient (Wildman–Crippen LogP) is 2.45. The van der Waals surface area contributed by atoms with Crippen molar-refractivity contribution >= 4 is 18.0 Å². The molecule has 2 saturated heterocycles. The van der Waals surface area contributed by atoms with Gasteiger partial charge in [0.15, 0.2) is 0 Å². The predicted molar refractivity (Wildman–Crippen MR) is 86.1 cm³/mol. The van der Waals surface area contributed by atoms with E-state index in [9.17, 15) is 9.59 Å². The van der Waals surface area contributed by atoms with E-state index >= 15 is 0 Å². The van der Waals surface area contributed by atoms with Gasteiger partial charge in [0.25, 0.3) is 0 Å². The van der Waals surface area contributed by atoms with Gasteiger partial charge in [-0.05, 0) is 11.1 Å². The van der Waals surface area contributed by atoms with Crippen LogP contribution in [0.4, 0.5) is 0 Å². The molecule has 1 aliphatic carbocycles. The fourth-order valence-electron chi connectivity index (χ4n) is 4.54. The van der Waals surface area contributed by atoms with Gasteiger partial charge in [-0.3, -0.25) is 9.59 Å². The zero-order valence-corrected chi connectivity index (χ0v) is 13.7. The van der Waals surface area contributed by atoms with Crippen molar-refractivity contribution in [3.05, 3.63) is 41.5 Å². The molecule has 2 heterocycles. The van der Waals surface area contributed by atoms with Gasteiger partial charge in [-0.2, -0.15) is 0 Å². The first-order valence-electron chi connectivity index (χ1n) is 8.25. The van der Waals surface area contributed by atoms with E-state index in [2.05, 4.69) is 24.3 Å². The molecular formula is C19H20O5. The fraction of sp³-hybridized carbons (Fsp3) is 0.474. The quantitative estimate of drug-likeness (QED) is 0.798. The second kappa shape index (κ2) is 5.45. The Hall–Kier alpha value is -2.14. The number of carbonyl (C=O) groups excluding carboxylic acids is 2. The van der Waals surface area contributed by atoms with Crippen molar-refractivity contribution in [3.63, 3.8) is 0 Å². The second-order valence-electron chi connectivity index (χ2n) is 6.81. The Labute approximate surface area is 140 Å². The molecule has 4 rings (SSSR count). The molecule has 5 nitrogen and oxygen atoms in total. The maximum absolute atomic E-state index is 11.4. The second-order valence-corrected chi connectivity index (χ2v) is 6.81. The number of ether oxygens (including phenoxy) is 3. The molecule has 1 aromatic carbocycles. The Balaban J connectivity index is 1.75. The van der Waals surface area contributed by atoms with Crippen LogP contribution < -0.4 is 0 Å². The summed E-state index contributed by atoms with van der Waals surface area (Å²) in [6.45, 7) is 3.05. The van der Waals surface area contributed by atoms with Gasteiger partial charge in [0.05, 0.1) is 11.5 Å². The summed E-state index contributed by atoms with van der Waals surface area (Å²) in [6, 6.07) is 8.22. The molecule has 3 aliphatic rings. The number of benzene rings is 1. The molecule has 2 fully saturated rings. The molecule has 24 heavy (non-hydrogen) atoms. The summed E-state index contributed by atoms with van der Waals surface area (Å²) < 4.78 is 17.1. The number of fused-ring (bicyclic) bond motifs is 7. The van der Waals surface area contributed by atoms with Crippen LogP contribution in [0.5, 0.6) is 0 Å². The van der Waals surface area contributed by atoms with Gasteiger partial charge >= 0.3 is 11.9 Å². The minimum absolute atomic E-state index is 0.0407. The highest BCUT2D eigenvalue weighted by atomic mass is 16.6. The minimum Gasteiger partial charge on any atom is -0.465 e. The first kappa shape index (κ1) is 15.4. The maximum Gasteiger partial charge on any atom is 0.302 e. The Kier molecular flexibility index (Phi) is 3.49. The Morgan fingerprint density at radius 1 is 1.25 bits per heavy atom. The summed E-state index contributed by atoms with van der Waals surface area (Å²) >= 11 is 0. The van der Waals surface area contributed by atoms with Crippen LogP contribution in [0.2, 0.25) is 0 Å². The number of rotatable bonds is 3.